The lowest BCUT2D eigenvalue weighted by molar-refractivity contribution is 0.0528. The third-order valence-electron chi connectivity index (χ3n) is 6.01. The fraction of sp³-hybridized carbons (Fsp3) is 0.400. The molecule has 1 aliphatic heterocycles. The fourth-order valence-corrected chi connectivity index (χ4v) is 4.25. The zero-order valence-electron chi connectivity index (χ0n) is 17.7. The monoisotopic (exact) mass is 407 g/mol. The van der Waals surface area contributed by atoms with E-state index in [1.54, 1.807) is 19.1 Å². The van der Waals surface area contributed by atoms with Crippen LogP contribution in [0.4, 0.5) is 0 Å². The highest BCUT2D eigenvalue weighted by molar-refractivity contribution is 6.10. The molecule has 0 aliphatic carbocycles. The third-order valence-corrected chi connectivity index (χ3v) is 6.01. The summed E-state index contributed by atoms with van der Waals surface area (Å²) in [6, 6.07) is 13.0. The summed E-state index contributed by atoms with van der Waals surface area (Å²) in [5.74, 6) is 1.03. The molecule has 0 unspecified atom stereocenters. The Morgan fingerprint density at radius 3 is 2.60 bits per heavy atom. The van der Waals surface area contributed by atoms with Crippen molar-refractivity contribution in [3.8, 4) is 17.1 Å². The molecule has 0 bridgehead atoms. The number of hydrogen-bond acceptors (Lipinski definition) is 5. The van der Waals surface area contributed by atoms with Crippen molar-refractivity contribution < 1.29 is 19.1 Å². The number of piperidine rings is 1. The lowest BCUT2D eigenvalue weighted by Gasteiger charge is -2.30. The summed E-state index contributed by atoms with van der Waals surface area (Å²) in [7, 11) is 0. The van der Waals surface area contributed by atoms with Crippen LogP contribution in [-0.4, -0.2) is 42.2 Å². The first-order valence-electron chi connectivity index (χ1n) is 10.8. The summed E-state index contributed by atoms with van der Waals surface area (Å²) in [6.45, 7) is 7.35. The second kappa shape index (κ2) is 8.92. The van der Waals surface area contributed by atoms with Gasteiger partial charge in [-0.3, -0.25) is 0 Å². The summed E-state index contributed by atoms with van der Waals surface area (Å²) in [5, 5.41) is 11.3. The number of carbonyl (C=O) groups is 1. The minimum Gasteiger partial charge on any atom is -0.508 e. The fourth-order valence-electron chi connectivity index (χ4n) is 4.25. The van der Waals surface area contributed by atoms with Gasteiger partial charge in [0.05, 0.1) is 6.61 Å². The maximum atomic E-state index is 12.9. The van der Waals surface area contributed by atoms with E-state index in [1.807, 2.05) is 30.3 Å². The highest BCUT2D eigenvalue weighted by Gasteiger charge is 2.27. The largest absolute Gasteiger partial charge is 0.508 e. The lowest BCUT2D eigenvalue weighted by atomic mass is 9.97. The molecule has 1 saturated heterocycles. The van der Waals surface area contributed by atoms with Crippen molar-refractivity contribution in [2.75, 3.05) is 26.2 Å². The topological polar surface area (TPSA) is 62.9 Å². The minimum atomic E-state index is -0.422. The minimum absolute atomic E-state index is 0.193. The Kier molecular flexibility index (Phi) is 6.09. The first-order valence-corrected chi connectivity index (χ1v) is 10.8. The molecule has 2 aromatic carbocycles. The Hall–Kier alpha value is -2.79. The number of hydrogen-bond donors (Lipinski definition) is 1. The number of ether oxygens (including phenoxy) is 1. The van der Waals surface area contributed by atoms with E-state index in [0.29, 0.717) is 28.7 Å². The van der Waals surface area contributed by atoms with E-state index in [4.69, 9.17) is 9.15 Å². The van der Waals surface area contributed by atoms with Crippen LogP contribution < -0.4 is 0 Å². The first-order chi connectivity index (χ1) is 14.6. The second-order valence-corrected chi connectivity index (χ2v) is 8.10. The van der Waals surface area contributed by atoms with Crippen LogP contribution in [0.3, 0.4) is 0 Å². The molecule has 0 amide bonds. The molecule has 1 fully saturated rings. The molecule has 1 aromatic heterocycles. The van der Waals surface area contributed by atoms with Gasteiger partial charge in [0.1, 0.15) is 22.7 Å². The summed E-state index contributed by atoms with van der Waals surface area (Å²) < 4.78 is 11.5. The highest BCUT2D eigenvalue weighted by atomic mass is 16.5. The van der Waals surface area contributed by atoms with Crippen LogP contribution in [-0.2, 0) is 11.2 Å². The zero-order chi connectivity index (χ0) is 21.1. The van der Waals surface area contributed by atoms with Gasteiger partial charge in [-0.2, -0.15) is 0 Å². The Balaban J connectivity index is 1.77. The van der Waals surface area contributed by atoms with Crippen LogP contribution in [0, 0.1) is 5.92 Å². The molecular formula is C25H29NO4. The van der Waals surface area contributed by atoms with Gasteiger partial charge in [0.25, 0.3) is 0 Å². The molecule has 2 heterocycles. The van der Waals surface area contributed by atoms with Gasteiger partial charge < -0.3 is 19.2 Å². The smallest absolute Gasteiger partial charge is 0.342 e. The highest BCUT2D eigenvalue weighted by Crippen LogP contribution is 2.39. The van der Waals surface area contributed by atoms with Crippen LogP contribution in [0.5, 0.6) is 5.75 Å². The van der Waals surface area contributed by atoms with Crippen LogP contribution in [0.2, 0.25) is 0 Å². The molecule has 5 heteroatoms. The number of likely N-dealkylation sites (tertiary alicyclic amines) is 1. The van der Waals surface area contributed by atoms with E-state index >= 15 is 0 Å². The van der Waals surface area contributed by atoms with Gasteiger partial charge in [0.2, 0.25) is 0 Å². The van der Waals surface area contributed by atoms with Crippen molar-refractivity contribution in [2.24, 2.45) is 5.92 Å². The van der Waals surface area contributed by atoms with Crippen molar-refractivity contribution in [3.05, 3.63) is 53.6 Å². The van der Waals surface area contributed by atoms with Crippen LogP contribution in [0.25, 0.3) is 22.3 Å². The average molecular weight is 408 g/mol. The van der Waals surface area contributed by atoms with E-state index in [1.165, 1.54) is 12.8 Å². The number of fused-ring (bicyclic) bond motifs is 1. The van der Waals surface area contributed by atoms with E-state index in [2.05, 4.69) is 11.8 Å². The van der Waals surface area contributed by atoms with E-state index in [0.717, 1.165) is 36.7 Å². The molecule has 5 nitrogen and oxygen atoms in total. The first kappa shape index (κ1) is 20.5. The van der Waals surface area contributed by atoms with Crippen molar-refractivity contribution in [2.45, 2.75) is 33.1 Å². The van der Waals surface area contributed by atoms with Crippen molar-refractivity contribution in [3.63, 3.8) is 0 Å². The van der Waals surface area contributed by atoms with E-state index in [-0.39, 0.29) is 12.4 Å². The lowest BCUT2D eigenvalue weighted by Crippen LogP contribution is -2.34. The Labute approximate surface area is 177 Å². The molecule has 0 spiro atoms. The normalized spacial score (nSPS) is 15.5. The standard InChI is InChI=1S/C25H29NO4/c1-3-29-25(28)23-22-19(13-16-26-14-11-17(2)12-15-26)20(27)9-10-21(22)30-24(23)18-7-5-4-6-8-18/h4-10,17,27H,3,11-16H2,1-2H3. The maximum Gasteiger partial charge on any atom is 0.342 e. The second-order valence-electron chi connectivity index (χ2n) is 8.10. The summed E-state index contributed by atoms with van der Waals surface area (Å²) in [5.41, 5.74) is 2.56. The van der Waals surface area contributed by atoms with Crippen LogP contribution >= 0.6 is 0 Å². The van der Waals surface area contributed by atoms with Crippen molar-refractivity contribution in [1.82, 2.24) is 4.90 Å². The molecular weight excluding hydrogens is 378 g/mol. The number of aromatic hydroxyl groups is 1. The van der Waals surface area contributed by atoms with Gasteiger partial charge in [0.15, 0.2) is 0 Å². The SMILES string of the molecule is CCOC(=O)c1c(-c2ccccc2)oc2ccc(O)c(CCN3CCC(C)CC3)c12. The van der Waals surface area contributed by atoms with Gasteiger partial charge in [-0.1, -0.05) is 37.3 Å². The van der Waals surface area contributed by atoms with Gasteiger partial charge in [-0.15, -0.1) is 0 Å². The number of esters is 1. The van der Waals surface area contributed by atoms with Gasteiger partial charge in [-0.25, -0.2) is 4.79 Å². The number of nitrogens with zero attached hydrogens (tertiary/aromatic N) is 1. The van der Waals surface area contributed by atoms with Gasteiger partial charge >= 0.3 is 5.97 Å². The van der Waals surface area contributed by atoms with Gasteiger partial charge in [0, 0.05) is 23.1 Å². The van der Waals surface area contributed by atoms with Crippen molar-refractivity contribution in [1.29, 1.82) is 0 Å². The third kappa shape index (κ3) is 4.08. The average Bonchev–Trinajstić information content (AvgIpc) is 3.15. The molecule has 1 aliphatic rings. The van der Waals surface area contributed by atoms with E-state index in [9.17, 15) is 9.90 Å². The predicted molar refractivity (Wildman–Crippen MR) is 118 cm³/mol. The molecule has 4 rings (SSSR count). The number of phenolic OH excluding ortho intramolecular Hbond substituents is 1. The van der Waals surface area contributed by atoms with Crippen molar-refractivity contribution >= 4 is 16.9 Å². The Morgan fingerprint density at radius 1 is 1.17 bits per heavy atom. The number of phenols is 1. The molecule has 0 radical (unpaired) electrons. The maximum absolute atomic E-state index is 12.9. The zero-order valence-corrected chi connectivity index (χ0v) is 17.7. The van der Waals surface area contributed by atoms with Crippen LogP contribution in [0.1, 0.15) is 42.6 Å². The van der Waals surface area contributed by atoms with Crippen LogP contribution in [0.15, 0.2) is 46.9 Å². The van der Waals surface area contributed by atoms with Gasteiger partial charge in [-0.05, 0) is 57.3 Å². The predicted octanol–water partition coefficient (Wildman–Crippen LogP) is 5.26. The quantitative estimate of drug-likeness (QED) is 0.565. The number of carbonyl (C=O) groups excluding carboxylic acids is 1. The van der Waals surface area contributed by atoms with E-state index < -0.39 is 5.97 Å². The summed E-state index contributed by atoms with van der Waals surface area (Å²) >= 11 is 0. The molecule has 30 heavy (non-hydrogen) atoms. The molecule has 1 N–H and O–H groups in total. The Morgan fingerprint density at radius 2 is 1.90 bits per heavy atom. The molecule has 0 saturated carbocycles. The molecule has 158 valence electrons. The summed E-state index contributed by atoms with van der Waals surface area (Å²) in [6.07, 6.45) is 3.06. The number of benzene rings is 2. The number of rotatable bonds is 6. The number of furan rings is 1. The Bertz CT molecular complexity index is 1020. The molecule has 3 aromatic rings. The molecule has 0 atom stereocenters. The summed E-state index contributed by atoms with van der Waals surface area (Å²) in [4.78, 5) is 15.4.